The van der Waals surface area contributed by atoms with Gasteiger partial charge < -0.3 is 33.6 Å². The normalized spacial score (nSPS) is 5.23. The Balaban J connectivity index is -0.0000000226. The Labute approximate surface area is 90.5 Å². The van der Waals surface area contributed by atoms with Gasteiger partial charge in [-0.3, -0.25) is 13.6 Å². The molecule has 5 heteroatoms. The summed E-state index contributed by atoms with van der Waals surface area (Å²) in [7, 11) is 0. The molecule has 4 nitrogen and oxygen atoms in total. The quantitative estimate of drug-likeness (QED) is 0.516. The molecule has 0 amide bonds. The van der Waals surface area contributed by atoms with Crippen molar-refractivity contribution in [1.29, 1.82) is 0 Å². The summed E-state index contributed by atoms with van der Waals surface area (Å²) in [6.45, 7) is 13.6. The molecule has 0 fully saturated rings. The van der Waals surface area contributed by atoms with Crippen molar-refractivity contribution >= 4 is 13.6 Å². The molecule has 0 aliphatic heterocycles. The first-order chi connectivity index (χ1) is 5.83. The van der Waals surface area contributed by atoms with Crippen LogP contribution in [0, 0.1) is 13.8 Å². The molecule has 0 aromatic heterocycles. The fraction of sp³-hybridized carbons (Fsp3) is 0.500. The van der Waals surface area contributed by atoms with Crippen LogP contribution in [-0.4, -0.2) is 37.0 Å². The second-order valence-corrected chi connectivity index (χ2v) is 1.15. The van der Waals surface area contributed by atoms with Crippen molar-refractivity contribution in [2.24, 2.45) is 0 Å². The Bertz CT molecular complexity index is 37.1. The maximum atomic E-state index is 7.81. The SMILES string of the molecule is [CH-]=O.[CH-]=O.[CH2-]CCO.[CH2-]CCO.[Co]. The minimum Gasteiger partial charge on any atom is -0.545 e. The molecule has 0 bridgehead atoms. The van der Waals surface area contributed by atoms with Crippen LogP contribution in [0.3, 0.4) is 0 Å². The third kappa shape index (κ3) is 360. The Kier molecular flexibility index (Phi) is 217. The molecular formula is C8H16CoO4-4. The van der Waals surface area contributed by atoms with Crippen molar-refractivity contribution in [2.45, 2.75) is 12.8 Å². The van der Waals surface area contributed by atoms with Crippen molar-refractivity contribution in [3.63, 3.8) is 0 Å². The van der Waals surface area contributed by atoms with Gasteiger partial charge in [0.15, 0.2) is 0 Å². The molecule has 0 unspecified atom stereocenters. The number of rotatable bonds is 2. The smallest absolute Gasteiger partial charge is 0.0159 e. The molecular weight excluding hydrogens is 219 g/mol. The average molecular weight is 235 g/mol. The number of aliphatic hydroxyl groups is 2. The molecule has 0 aromatic rings. The van der Waals surface area contributed by atoms with E-state index in [2.05, 4.69) is 27.4 Å². The molecule has 0 atom stereocenters. The first-order valence-corrected chi connectivity index (χ1v) is 3.10. The van der Waals surface area contributed by atoms with Crippen LogP contribution in [0.1, 0.15) is 12.8 Å². The van der Waals surface area contributed by atoms with E-state index in [1.807, 2.05) is 0 Å². The van der Waals surface area contributed by atoms with E-state index in [0.717, 1.165) is 0 Å². The first-order valence-electron chi connectivity index (χ1n) is 3.10. The van der Waals surface area contributed by atoms with Gasteiger partial charge in [0.25, 0.3) is 0 Å². The summed E-state index contributed by atoms with van der Waals surface area (Å²) in [5.74, 6) is 0. The average Bonchev–Trinajstić information content (AvgIpc) is 2.23. The summed E-state index contributed by atoms with van der Waals surface area (Å²) in [6, 6.07) is 0. The summed E-state index contributed by atoms with van der Waals surface area (Å²) < 4.78 is 0. The van der Waals surface area contributed by atoms with E-state index in [9.17, 15) is 0 Å². The third-order valence-electron chi connectivity index (χ3n) is 0.316. The minimum absolute atomic E-state index is 0. The zero-order chi connectivity index (χ0) is 10.8. The molecule has 0 aliphatic rings. The molecule has 0 heterocycles. The maximum Gasteiger partial charge on any atom is 0.0159 e. The monoisotopic (exact) mass is 235 g/mol. The zero-order valence-electron chi connectivity index (χ0n) is 7.44. The predicted molar refractivity (Wildman–Crippen MR) is 47.6 cm³/mol. The molecule has 0 saturated heterocycles. The van der Waals surface area contributed by atoms with Gasteiger partial charge in [0.05, 0.1) is 0 Å². The Hall–Kier alpha value is -0.234. The fourth-order valence-corrected chi connectivity index (χ4v) is 0. The first kappa shape index (κ1) is 29.3. The molecule has 0 aliphatic carbocycles. The van der Waals surface area contributed by atoms with E-state index in [-0.39, 0.29) is 30.0 Å². The number of hydrogen-bond donors (Lipinski definition) is 2. The molecule has 13 heavy (non-hydrogen) atoms. The molecule has 0 spiro atoms. The molecule has 85 valence electrons. The van der Waals surface area contributed by atoms with Gasteiger partial charge in [0.2, 0.25) is 0 Å². The Morgan fingerprint density at radius 3 is 0.923 bits per heavy atom. The Morgan fingerprint density at radius 2 is 0.923 bits per heavy atom. The van der Waals surface area contributed by atoms with Crippen LogP contribution < -0.4 is 0 Å². The third-order valence-corrected chi connectivity index (χ3v) is 0.316. The number of carbonyl (C=O) groups excluding carboxylic acids is 2. The van der Waals surface area contributed by atoms with Gasteiger partial charge in [-0.1, -0.05) is 0 Å². The number of hydrogen-bond acceptors (Lipinski definition) is 4. The van der Waals surface area contributed by atoms with Crippen molar-refractivity contribution in [3.8, 4) is 0 Å². The van der Waals surface area contributed by atoms with E-state index in [0.29, 0.717) is 12.8 Å². The topological polar surface area (TPSA) is 74.6 Å². The van der Waals surface area contributed by atoms with Crippen molar-refractivity contribution in [1.82, 2.24) is 0 Å². The van der Waals surface area contributed by atoms with Crippen LogP contribution in [0.15, 0.2) is 0 Å². The molecule has 2 N–H and O–H groups in total. The van der Waals surface area contributed by atoms with E-state index < -0.39 is 0 Å². The second-order valence-electron chi connectivity index (χ2n) is 1.15. The van der Waals surface area contributed by atoms with Crippen LogP contribution in [0.25, 0.3) is 0 Å². The van der Waals surface area contributed by atoms with Gasteiger partial charge in [0.1, 0.15) is 0 Å². The van der Waals surface area contributed by atoms with Crippen LogP contribution >= 0.6 is 0 Å². The minimum atomic E-state index is 0. The largest absolute Gasteiger partial charge is 0.545 e. The molecule has 1 radical (unpaired) electrons. The summed E-state index contributed by atoms with van der Waals surface area (Å²) in [5, 5.41) is 15.6. The van der Waals surface area contributed by atoms with Crippen molar-refractivity contribution in [2.75, 3.05) is 13.2 Å². The predicted octanol–water partition coefficient (Wildman–Crippen LogP) is -0.145. The summed E-state index contributed by atoms with van der Waals surface area (Å²) >= 11 is 0. The summed E-state index contributed by atoms with van der Waals surface area (Å²) in [6.07, 6.45) is 1.25. The van der Waals surface area contributed by atoms with Gasteiger partial charge in [-0.05, 0) is 0 Å². The van der Waals surface area contributed by atoms with Gasteiger partial charge in [-0.2, -0.15) is 12.8 Å². The van der Waals surface area contributed by atoms with E-state index >= 15 is 0 Å². The van der Waals surface area contributed by atoms with Gasteiger partial charge in [-0.15, -0.1) is 0 Å². The van der Waals surface area contributed by atoms with Gasteiger partial charge in [-0.25, -0.2) is 0 Å². The summed E-state index contributed by atoms with van der Waals surface area (Å²) in [5.41, 5.74) is 0. The molecule has 0 saturated carbocycles. The van der Waals surface area contributed by atoms with Gasteiger partial charge >= 0.3 is 0 Å². The second kappa shape index (κ2) is 96.1. The maximum absolute atomic E-state index is 7.81. The zero-order valence-corrected chi connectivity index (χ0v) is 8.48. The Morgan fingerprint density at radius 1 is 0.846 bits per heavy atom. The van der Waals surface area contributed by atoms with Gasteiger partial charge in [0, 0.05) is 30.0 Å². The van der Waals surface area contributed by atoms with E-state index in [1.165, 1.54) is 0 Å². The molecule has 0 rings (SSSR count). The van der Waals surface area contributed by atoms with Crippen molar-refractivity contribution in [3.05, 3.63) is 13.8 Å². The number of aliphatic hydroxyl groups excluding tert-OH is 2. The van der Waals surface area contributed by atoms with Crippen LogP contribution in [0.2, 0.25) is 0 Å². The van der Waals surface area contributed by atoms with Crippen LogP contribution in [0.5, 0.6) is 0 Å². The van der Waals surface area contributed by atoms with Crippen LogP contribution in [-0.2, 0) is 26.4 Å². The van der Waals surface area contributed by atoms with Crippen LogP contribution in [0.4, 0.5) is 0 Å². The van der Waals surface area contributed by atoms with Crippen molar-refractivity contribution < 1.29 is 36.6 Å². The van der Waals surface area contributed by atoms with E-state index in [4.69, 9.17) is 19.8 Å². The standard InChI is InChI=1S/2C3H7O.2CHO.Co/c2*1-2-3-4;2*1-2;/h2*4H,1-3H2;2*1H;/q4*-1;. The summed E-state index contributed by atoms with van der Waals surface area (Å²) in [4.78, 5) is 15.5. The molecule has 0 aromatic carbocycles. The fourth-order valence-electron chi connectivity index (χ4n) is 0. The van der Waals surface area contributed by atoms with E-state index in [1.54, 1.807) is 0 Å².